The summed E-state index contributed by atoms with van der Waals surface area (Å²) in [4.78, 5) is 7.88. The van der Waals surface area contributed by atoms with Gasteiger partial charge in [-0.3, -0.25) is 0 Å². The molecule has 0 saturated heterocycles. The molecular formula is C14H19N3. The number of hydrogen-bond donors (Lipinski definition) is 2. The topological polar surface area (TPSA) is 40.7 Å². The second kappa shape index (κ2) is 4.49. The van der Waals surface area contributed by atoms with Crippen LogP contribution < -0.4 is 5.32 Å². The fourth-order valence-electron chi connectivity index (χ4n) is 2.26. The Morgan fingerprint density at radius 3 is 3.00 bits per heavy atom. The first-order valence-corrected chi connectivity index (χ1v) is 6.56. The Morgan fingerprint density at radius 1 is 1.41 bits per heavy atom. The van der Waals surface area contributed by atoms with Crippen LogP contribution in [0.2, 0.25) is 0 Å². The molecular weight excluding hydrogens is 210 g/mol. The number of aromatic nitrogens is 2. The van der Waals surface area contributed by atoms with Crippen molar-refractivity contribution in [3.63, 3.8) is 0 Å². The summed E-state index contributed by atoms with van der Waals surface area (Å²) in [6.45, 7) is 3.10. The van der Waals surface area contributed by atoms with Crippen LogP contribution in [0.3, 0.4) is 0 Å². The largest absolute Gasteiger partial charge is 0.342 e. The van der Waals surface area contributed by atoms with Gasteiger partial charge in [0.1, 0.15) is 5.82 Å². The van der Waals surface area contributed by atoms with E-state index in [4.69, 9.17) is 0 Å². The van der Waals surface area contributed by atoms with Crippen molar-refractivity contribution in [2.75, 3.05) is 0 Å². The van der Waals surface area contributed by atoms with Crippen molar-refractivity contribution >= 4 is 11.0 Å². The maximum Gasteiger partial charge on any atom is 0.106 e. The highest BCUT2D eigenvalue weighted by Gasteiger charge is 2.16. The SMILES string of the molecule is CCc1nc2ccc(CNC3CCC3)cc2[nH]1. The molecule has 1 saturated carbocycles. The first kappa shape index (κ1) is 10.8. The summed E-state index contributed by atoms with van der Waals surface area (Å²) in [7, 11) is 0. The van der Waals surface area contributed by atoms with E-state index in [-0.39, 0.29) is 0 Å². The second-order valence-electron chi connectivity index (χ2n) is 4.90. The minimum atomic E-state index is 0.749. The molecule has 0 amide bonds. The van der Waals surface area contributed by atoms with Crippen LogP contribution in [-0.2, 0) is 13.0 Å². The van der Waals surface area contributed by atoms with Gasteiger partial charge in [0, 0.05) is 19.0 Å². The standard InChI is InChI=1S/C14H19N3/c1-2-14-16-12-7-6-10(8-13(12)17-14)9-15-11-4-3-5-11/h6-8,11,15H,2-5,9H2,1H3,(H,16,17). The molecule has 2 aromatic rings. The Morgan fingerprint density at radius 2 is 2.29 bits per heavy atom. The smallest absolute Gasteiger partial charge is 0.106 e. The molecule has 1 heterocycles. The van der Waals surface area contributed by atoms with Gasteiger partial charge in [-0.25, -0.2) is 4.98 Å². The monoisotopic (exact) mass is 229 g/mol. The molecule has 0 radical (unpaired) electrons. The normalized spacial score (nSPS) is 16.3. The molecule has 1 aliphatic rings. The number of benzene rings is 1. The van der Waals surface area contributed by atoms with Crippen LogP contribution in [0.25, 0.3) is 11.0 Å². The van der Waals surface area contributed by atoms with E-state index in [2.05, 4.69) is 40.4 Å². The van der Waals surface area contributed by atoms with Gasteiger partial charge in [0.05, 0.1) is 11.0 Å². The van der Waals surface area contributed by atoms with E-state index in [0.29, 0.717) is 0 Å². The highest BCUT2D eigenvalue weighted by Crippen LogP contribution is 2.19. The van der Waals surface area contributed by atoms with Crippen molar-refractivity contribution in [1.82, 2.24) is 15.3 Å². The lowest BCUT2D eigenvalue weighted by atomic mass is 9.93. The molecule has 0 spiro atoms. The zero-order valence-corrected chi connectivity index (χ0v) is 10.3. The third-order valence-corrected chi connectivity index (χ3v) is 3.63. The molecule has 3 nitrogen and oxygen atoms in total. The highest BCUT2D eigenvalue weighted by molar-refractivity contribution is 5.75. The van der Waals surface area contributed by atoms with Crippen LogP contribution >= 0.6 is 0 Å². The van der Waals surface area contributed by atoms with E-state index in [0.717, 1.165) is 35.9 Å². The van der Waals surface area contributed by atoms with Crippen LogP contribution in [0.15, 0.2) is 18.2 Å². The van der Waals surface area contributed by atoms with Gasteiger partial charge in [0.2, 0.25) is 0 Å². The van der Waals surface area contributed by atoms with Crippen molar-refractivity contribution in [3.05, 3.63) is 29.6 Å². The van der Waals surface area contributed by atoms with Gasteiger partial charge in [-0.1, -0.05) is 19.4 Å². The minimum Gasteiger partial charge on any atom is -0.342 e. The Balaban J connectivity index is 1.75. The molecule has 2 N–H and O–H groups in total. The van der Waals surface area contributed by atoms with Crippen LogP contribution in [0.1, 0.15) is 37.6 Å². The van der Waals surface area contributed by atoms with Crippen molar-refractivity contribution in [1.29, 1.82) is 0 Å². The van der Waals surface area contributed by atoms with Crippen molar-refractivity contribution < 1.29 is 0 Å². The summed E-state index contributed by atoms with van der Waals surface area (Å²) in [6, 6.07) is 7.25. The number of nitrogens with one attached hydrogen (secondary N) is 2. The number of imidazole rings is 1. The second-order valence-corrected chi connectivity index (χ2v) is 4.90. The average Bonchev–Trinajstić information content (AvgIpc) is 2.69. The Labute approximate surface area is 102 Å². The summed E-state index contributed by atoms with van der Waals surface area (Å²) in [5.74, 6) is 1.07. The summed E-state index contributed by atoms with van der Waals surface area (Å²) in [5.41, 5.74) is 3.58. The van der Waals surface area contributed by atoms with E-state index >= 15 is 0 Å². The molecule has 17 heavy (non-hydrogen) atoms. The molecule has 3 heteroatoms. The number of fused-ring (bicyclic) bond motifs is 1. The van der Waals surface area contributed by atoms with Crippen LogP contribution in [0.4, 0.5) is 0 Å². The maximum atomic E-state index is 4.52. The third-order valence-electron chi connectivity index (χ3n) is 3.63. The highest BCUT2D eigenvalue weighted by atomic mass is 14.9. The van der Waals surface area contributed by atoms with Gasteiger partial charge in [0.15, 0.2) is 0 Å². The Hall–Kier alpha value is -1.35. The van der Waals surface area contributed by atoms with E-state index in [9.17, 15) is 0 Å². The molecule has 1 fully saturated rings. The molecule has 3 rings (SSSR count). The zero-order valence-electron chi connectivity index (χ0n) is 10.3. The quantitative estimate of drug-likeness (QED) is 0.846. The molecule has 1 aromatic carbocycles. The third kappa shape index (κ3) is 2.20. The molecule has 0 bridgehead atoms. The van der Waals surface area contributed by atoms with Crippen LogP contribution in [-0.4, -0.2) is 16.0 Å². The van der Waals surface area contributed by atoms with Crippen LogP contribution in [0.5, 0.6) is 0 Å². The van der Waals surface area contributed by atoms with Gasteiger partial charge >= 0.3 is 0 Å². The summed E-state index contributed by atoms with van der Waals surface area (Å²) < 4.78 is 0. The molecule has 1 aromatic heterocycles. The van der Waals surface area contributed by atoms with E-state index in [1.807, 2.05) is 0 Å². The molecule has 90 valence electrons. The van der Waals surface area contributed by atoms with Crippen molar-refractivity contribution in [2.45, 2.75) is 45.2 Å². The number of aryl methyl sites for hydroxylation is 1. The van der Waals surface area contributed by atoms with E-state index < -0.39 is 0 Å². The predicted octanol–water partition coefficient (Wildman–Crippen LogP) is 2.77. The Bertz CT molecular complexity index is 511. The van der Waals surface area contributed by atoms with Gasteiger partial charge in [-0.15, -0.1) is 0 Å². The average molecular weight is 229 g/mol. The van der Waals surface area contributed by atoms with Gasteiger partial charge in [-0.05, 0) is 30.5 Å². The van der Waals surface area contributed by atoms with Gasteiger partial charge < -0.3 is 10.3 Å². The van der Waals surface area contributed by atoms with Gasteiger partial charge in [0.25, 0.3) is 0 Å². The van der Waals surface area contributed by atoms with Gasteiger partial charge in [-0.2, -0.15) is 0 Å². The number of hydrogen-bond acceptors (Lipinski definition) is 2. The van der Waals surface area contributed by atoms with E-state index in [1.54, 1.807) is 0 Å². The first-order chi connectivity index (χ1) is 8.35. The molecule has 1 aliphatic carbocycles. The summed E-state index contributed by atoms with van der Waals surface area (Å²) in [6.07, 6.45) is 5.03. The van der Waals surface area contributed by atoms with Crippen LogP contribution in [0, 0.1) is 0 Å². The molecule has 0 atom stereocenters. The number of H-pyrrole nitrogens is 1. The number of aromatic amines is 1. The fraction of sp³-hybridized carbons (Fsp3) is 0.500. The van der Waals surface area contributed by atoms with Crippen molar-refractivity contribution in [3.8, 4) is 0 Å². The summed E-state index contributed by atoms with van der Waals surface area (Å²) >= 11 is 0. The lowest BCUT2D eigenvalue weighted by Gasteiger charge is -2.26. The lowest BCUT2D eigenvalue weighted by molar-refractivity contribution is 0.338. The summed E-state index contributed by atoms with van der Waals surface area (Å²) in [5, 5.41) is 3.59. The first-order valence-electron chi connectivity index (χ1n) is 6.56. The Kier molecular flexibility index (Phi) is 2.85. The van der Waals surface area contributed by atoms with Crippen molar-refractivity contribution in [2.24, 2.45) is 0 Å². The fourth-order valence-corrected chi connectivity index (χ4v) is 2.26. The zero-order chi connectivity index (χ0) is 11.7. The molecule has 0 aliphatic heterocycles. The van der Waals surface area contributed by atoms with E-state index in [1.165, 1.54) is 24.8 Å². The lowest BCUT2D eigenvalue weighted by Crippen LogP contribution is -2.34. The maximum absolute atomic E-state index is 4.52. The molecule has 0 unspecified atom stereocenters. The minimum absolute atomic E-state index is 0.749. The number of rotatable bonds is 4. The number of nitrogens with zero attached hydrogens (tertiary/aromatic N) is 1. The predicted molar refractivity (Wildman–Crippen MR) is 70.0 cm³/mol.